The lowest BCUT2D eigenvalue weighted by Crippen LogP contribution is -2.22. The Kier molecular flexibility index (Phi) is 13.5. The van der Waals surface area contributed by atoms with Gasteiger partial charge >= 0.3 is 15.5 Å². The zero-order valence-corrected chi connectivity index (χ0v) is 31.5. The third kappa shape index (κ3) is 12.0. The largest absolute Gasteiger partial charge is 0.513 e. The molecule has 0 saturated carbocycles. The number of aryl methyl sites for hydroxylation is 2. The standard InChI is InChI=1S/2C21H22NO3P/c2*1-17-13-15-19(16-14-17)18(2)22-26(23,24-20-9-5-3-6-10-20)25-21-11-7-4-8-12-21/h2*3-16,18H,1-2H3,(H,22,23)/t2*18-/m00/s1. The van der Waals surface area contributed by atoms with Gasteiger partial charge in [-0.1, -0.05) is 132 Å². The third-order valence-corrected chi connectivity index (χ3v) is 10.9. The lowest BCUT2D eigenvalue weighted by molar-refractivity contribution is 0.362. The molecule has 6 aromatic carbocycles. The minimum Gasteiger partial charge on any atom is -0.405 e. The molecule has 0 heterocycles. The Bertz CT molecular complexity index is 1790. The second-order valence-corrected chi connectivity index (χ2v) is 15.4. The van der Waals surface area contributed by atoms with Crippen LogP contribution in [0.15, 0.2) is 170 Å². The van der Waals surface area contributed by atoms with Gasteiger partial charge in [0, 0.05) is 12.1 Å². The highest BCUT2D eigenvalue weighted by Gasteiger charge is 2.32. The van der Waals surface area contributed by atoms with Crippen LogP contribution in [0.25, 0.3) is 0 Å². The van der Waals surface area contributed by atoms with E-state index >= 15 is 0 Å². The van der Waals surface area contributed by atoms with Crippen LogP contribution in [0.4, 0.5) is 0 Å². The molecule has 52 heavy (non-hydrogen) atoms. The van der Waals surface area contributed by atoms with E-state index in [0.717, 1.165) is 11.1 Å². The van der Waals surface area contributed by atoms with Gasteiger partial charge in [-0.3, -0.25) is 0 Å². The Hall–Kier alpha value is -5.10. The summed E-state index contributed by atoms with van der Waals surface area (Å²) >= 11 is 0. The Balaban J connectivity index is 0.000000201. The van der Waals surface area contributed by atoms with Crippen molar-refractivity contribution < 1.29 is 27.2 Å². The highest BCUT2D eigenvalue weighted by Crippen LogP contribution is 2.48. The van der Waals surface area contributed by atoms with Crippen LogP contribution >= 0.6 is 15.5 Å². The average Bonchev–Trinajstić information content (AvgIpc) is 3.14. The first kappa shape index (κ1) is 38.1. The van der Waals surface area contributed by atoms with E-state index in [0.29, 0.717) is 23.0 Å². The molecule has 0 spiro atoms. The fourth-order valence-electron chi connectivity index (χ4n) is 4.96. The van der Waals surface area contributed by atoms with Crippen LogP contribution in [0.3, 0.4) is 0 Å². The molecule has 0 unspecified atom stereocenters. The van der Waals surface area contributed by atoms with E-state index in [1.165, 1.54) is 11.1 Å². The second kappa shape index (κ2) is 18.4. The predicted molar refractivity (Wildman–Crippen MR) is 209 cm³/mol. The van der Waals surface area contributed by atoms with Crippen LogP contribution in [0, 0.1) is 13.8 Å². The molecule has 0 radical (unpaired) electrons. The molecule has 268 valence electrons. The molecule has 6 rings (SSSR count). The van der Waals surface area contributed by atoms with Gasteiger partial charge in [0.1, 0.15) is 23.0 Å². The van der Waals surface area contributed by atoms with E-state index in [9.17, 15) is 9.13 Å². The number of benzene rings is 6. The molecule has 0 aliphatic rings. The Morgan fingerprint density at radius 3 is 0.846 bits per heavy atom. The maximum Gasteiger partial charge on any atom is 0.513 e. The second-order valence-electron chi connectivity index (χ2n) is 12.1. The van der Waals surface area contributed by atoms with Crippen molar-refractivity contribution in [3.63, 3.8) is 0 Å². The monoisotopic (exact) mass is 734 g/mol. The highest BCUT2D eigenvalue weighted by atomic mass is 31.2. The number of nitrogens with one attached hydrogen (secondary N) is 2. The molecule has 0 aromatic heterocycles. The Morgan fingerprint density at radius 2 is 0.615 bits per heavy atom. The first-order valence-corrected chi connectivity index (χ1v) is 20.0. The molecular weight excluding hydrogens is 690 g/mol. The van der Waals surface area contributed by atoms with Gasteiger partial charge in [0.15, 0.2) is 0 Å². The summed E-state index contributed by atoms with van der Waals surface area (Å²) in [7, 11) is -7.29. The van der Waals surface area contributed by atoms with Crippen molar-refractivity contribution >= 4 is 15.5 Å². The third-order valence-electron chi connectivity index (χ3n) is 7.73. The topological polar surface area (TPSA) is 95.1 Å². The molecule has 6 aromatic rings. The van der Waals surface area contributed by atoms with Gasteiger partial charge in [-0.05, 0) is 87.4 Å². The van der Waals surface area contributed by atoms with Gasteiger partial charge in [0.2, 0.25) is 0 Å². The van der Waals surface area contributed by atoms with Crippen LogP contribution < -0.4 is 28.3 Å². The molecule has 0 bridgehead atoms. The number of para-hydroxylation sites is 4. The van der Waals surface area contributed by atoms with E-state index in [1.54, 1.807) is 48.5 Å². The molecular formula is C42H44N2O6P2. The summed E-state index contributed by atoms with van der Waals surface area (Å²) in [4.78, 5) is 0. The molecule has 2 N–H and O–H groups in total. The van der Waals surface area contributed by atoms with Crippen LogP contribution in [0.5, 0.6) is 23.0 Å². The van der Waals surface area contributed by atoms with Crippen molar-refractivity contribution in [1.82, 2.24) is 10.2 Å². The smallest absolute Gasteiger partial charge is 0.405 e. The van der Waals surface area contributed by atoms with Gasteiger partial charge in [0.05, 0.1) is 0 Å². The first-order valence-electron chi connectivity index (χ1n) is 17.0. The minimum atomic E-state index is -3.65. The summed E-state index contributed by atoms with van der Waals surface area (Å²) in [6, 6.07) is 51.8. The van der Waals surface area contributed by atoms with Crippen LogP contribution in [0.1, 0.15) is 48.2 Å². The van der Waals surface area contributed by atoms with Crippen molar-refractivity contribution in [2.75, 3.05) is 0 Å². The molecule has 8 nitrogen and oxygen atoms in total. The molecule has 2 atom stereocenters. The van der Waals surface area contributed by atoms with E-state index in [2.05, 4.69) is 10.2 Å². The number of hydrogen-bond donors (Lipinski definition) is 2. The summed E-state index contributed by atoms with van der Waals surface area (Å²) in [5.74, 6) is 1.93. The summed E-state index contributed by atoms with van der Waals surface area (Å²) in [5, 5.41) is 6.07. The van der Waals surface area contributed by atoms with Crippen molar-refractivity contribution in [3.05, 3.63) is 192 Å². The van der Waals surface area contributed by atoms with Crippen molar-refractivity contribution in [2.45, 2.75) is 39.8 Å². The first-order chi connectivity index (χ1) is 25.1. The molecule has 0 aliphatic heterocycles. The normalized spacial score (nSPS) is 12.4. The maximum atomic E-state index is 13.4. The van der Waals surface area contributed by atoms with E-state index < -0.39 is 15.5 Å². The SMILES string of the molecule is Cc1ccc([C@H](C)NP(=O)(Oc2ccccc2)Oc2ccccc2)cc1.Cc1ccc([C@H](C)NP(=O)(Oc2ccccc2)Oc2ccccc2)cc1. The Labute approximate surface area is 307 Å². The van der Waals surface area contributed by atoms with Gasteiger partial charge in [0.25, 0.3) is 0 Å². The zero-order valence-electron chi connectivity index (χ0n) is 29.7. The number of hydrogen-bond acceptors (Lipinski definition) is 6. The molecule has 0 amide bonds. The molecule has 0 fully saturated rings. The van der Waals surface area contributed by atoms with Crippen LogP contribution in [0.2, 0.25) is 0 Å². The average molecular weight is 735 g/mol. The predicted octanol–water partition coefficient (Wildman–Crippen LogP) is 11.8. The van der Waals surface area contributed by atoms with Crippen LogP contribution in [-0.4, -0.2) is 0 Å². The van der Waals surface area contributed by atoms with Gasteiger partial charge in [-0.2, -0.15) is 10.2 Å². The molecule has 0 aliphatic carbocycles. The number of rotatable bonds is 14. The zero-order chi connectivity index (χ0) is 36.8. The summed E-state index contributed by atoms with van der Waals surface area (Å²) in [5.41, 5.74) is 4.35. The fourth-order valence-corrected chi connectivity index (χ4v) is 8.09. The van der Waals surface area contributed by atoms with E-state index in [-0.39, 0.29) is 12.1 Å². The fraction of sp³-hybridized carbons (Fsp3) is 0.143. The summed E-state index contributed by atoms with van der Waals surface area (Å²) < 4.78 is 49.9. The lowest BCUT2D eigenvalue weighted by Gasteiger charge is -2.24. The molecule has 0 saturated heterocycles. The van der Waals surface area contributed by atoms with Crippen molar-refractivity contribution in [3.8, 4) is 23.0 Å². The maximum absolute atomic E-state index is 13.4. The summed E-state index contributed by atoms with van der Waals surface area (Å²) in [6.07, 6.45) is 0. The Morgan fingerprint density at radius 1 is 0.385 bits per heavy atom. The van der Waals surface area contributed by atoms with E-state index in [1.807, 2.05) is 149 Å². The van der Waals surface area contributed by atoms with Gasteiger partial charge < -0.3 is 18.1 Å². The quantitative estimate of drug-likeness (QED) is 0.107. The molecule has 10 heteroatoms. The summed E-state index contributed by atoms with van der Waals surface area (Å²) in [6.45, 7) is 7.92. The van der Waals surface area contributed by atoms with Crippen molar-refractivity contribution in [2.24, 2.45) is 0 Å². The van der Waals surface area contributed by atoms with E-state index in [4.69, 9.17) is 18.1 Å². The lowest BCUT2D eigenvalue weighted by atomic mass is 10.1. The van der Waals surface area contributed by atoms with Crippen LogP contribution in [-0.2, 0) is 9.13 Å². The van der Waals surface area contributed by atoms with Gasteiger partial charge in [-0.25, -0.2) is 9.13 Å². The van der Waals surface area contributed by atoms with Gasteiger partial charge in [-0.15, -0.1) is 0 Å². The minimum absolute atomic E-state index is 0.214. The highest BCUT2D eigenvalue weighted by molar-refractivity contribution is 7.52. The van der Waals surface area contributed by atoms with Crippen molar-refractivity contribution in [1.29, 1.82) is 0 Å².